The van der Waals surface area contributed by atoms with Gasteiger partial charge >= 0.3 is 0 Å². The van der Waals surface area contributed by atoms with E-state index in [4.69, 9.17) is 0 Å². The highest BCUT2D eigenvalue weighted by Crippen LogP contribution is 2.49. The van der Waals surface area contributed by atoms with E-state index in [-0.39, 0.29) is 11.8 Å². The van der Waals surface area contributed by atoms with Gasteiger partial charge in [0.15, 0.2) is 0 Å². The minimum atomic E-state index is -0.730. The van der Waals surface area contributed by atoms with Gasteiger partial charge in [-0.2, -0.15) is 0 Å². The van der Waals surface area contributed by atoms with E-state index in [9.17, 15) is 9.59 Å². The molecule has 29 heavy (non-hydrogen) atoms. The average molecular weight is 396 g/mol. The maximum absolute atomic E-state index is 13.2. The second-order valence-electron chi connectivity index (χ2n) is 8.99. The molecule has 3 fully saturated rings. The summed E-state index contributed by atoms with van der Waals surface area (Å²) in [5.41, 5.74) is 0.481. The molecular formula is C24H33N3O2. The number of hydrogen-bond donors (Lipinski definition) is 0. The van der Waals surface area contributed by atoms with E-state index in [1.807, 2.05) is 28.0 Å². The summed E-state index contributed by atoms with van der Waals surface area (Å²) in [5.74, 6) is 0.730. The van der Waals surface area contributed by atoms with Crippen molar-refractivity contribution in [2.45, 2.75) is 32.6 Å². The van der Waals surface area contributed by atoms with E-state index in [2.05, 4.69) is 36.1 Å². The van der Waals surface area contributed by atoms with Crippen LogP contribution in [0.2, 0.25) is 0 Å². The molecule has 0 bridgehead atoms. The van der Waals surface area contributed by atoms with Gasteiger partial charge in [-0.1, -0.05) is 49.4 Å². The van der Waals surface area contributed by atoms with Gasteiger partial charge in [0.2, 0.25) is 11.8 Å². The Hall–Kier alpha value is -2.14. The lowest BCUT2D eigenvalue weighted by Crippen LogP contribution is -2.54. The monoisotopic (exact) mass is 395 g/mol. The first-order chi connectivity index (χ1) is 14.1. The summed E-state index contributed by atoms with van der Waals surface area (Å²) in [7, 11) is 0. The first kappa shape index (κ1) is 20.1. The fraction of sp³-hybridized carbons (Fsp3) is 0.583. The molecule has 2 heterocycles. The third kappa shape index (κ3) is 4.55. The Morgan fingerprint density at radius 3 is 2.34 bits per heavy atom. The number of nitrogens with zero attached hydrogens (tertiary/aromatic N) is 3. The Morgan fingerprint density at radius 1 is 1.00 bits per heavy atom. The van der Waals surface area contributed by atoms with Crippen LogP contribution in [0.25, 0.3) is 6.08 Å². The summed E-state index contributed by atoms with van der Waals surface area (Å²) < 4.78 is 0. The van der Waals surface area contributed by atoms with E-state index in [0.717, 1.165) is 65.1 Å². The molecule has 2 aliphatic heterocycles. The van der Waals surface area contributed by atoms with Gasteiger partial charge in [-0.05, 0) is 37.2 Å². The van der Waals surface area contributed by atoms with Crippen LogP contribution < -0.4 is 0 Å². The highest BCUT2D eigenvalue weighted by Gasteiger charge is 2.59. The third-order valence-corrected chi connectivity index (χ3v) is 6.65. The molecule has 156 valence electrons. The molecule has 1 saturated carbocycles. The predicted molar refractivity (Wildman–Crippen MR) is 115 cm³/mol. The standard InChI is InChI=1S/C24H33N3O2/c1-20-7-5-14-27(19-20)23(29)24(11-12-24)22(28)26-17-15-25(16-18-26)13-6-10-21-8-3-2-4-9-21/h2-4,6,8-10,20H,5,7,11-19H2,1H3/b10-6+. The molecule has 4 rings (SSSR count). The van der Waals surface area contributed by atoms with Crippen LogP contribution in [0.1, 0.15) is 38.2 Å². The van der Waals surface area contributed by atoms with Crippen molar-refractivity contribution in [1.82, 2.24) is 14.7 Å². The van der Waals surface area contributed by atoms with Crippen molar-refractivity contribution in [2.75, 3.05) is 45.8 Å². The molecule has 5 heteroatoms. The van der Waals surface area contributed by atoms with E-state index >= 15 is 0 Å². The maximum Gasteiger partial charge on any atom is 0.238 e. The van der Waals surface area contributed by atoms with Crippen molar-refractivity contribution in [2.24, 2.45) is 11.3 Å². The fourth-order valence-corrected chi connectivity index (χ4v) is 4.66. The zero-order chi connectivity index (χ0) is 20.3. The number of benzene rings is 1. The van der Waals surface area contributed by atoms with Gasteiger partial charge in [0.1, 0.15) is 5.41 Å². The summed E-state index contributed by atoms with van der Waals surface area (Å²) in [6.07, 6.45) is 8.05. The topological polar surface area (TPSA) is 43.9 Å². The lowest BCUT2D eigenvalue weighted by atomic mass is 9.96. The fourth-order valence-electron chi connectivity index (χ4n) is 4.66. The molecule has 1 aromatic carbocycles. The van der Waals surface area contributed by atoms with Crippen LogP contribution in [0.5, 0.6) is 0 Å². The first-order valence-corrected chi connectivity index (χ1v) is 11.1. The normalized spacial score (nSPS) is 24.7. The molecule has 1 aliphatic carbocycles. The Balaban J connectivity index is 1.27. The highest BCUT2D eigenvalue weighted by atomic mass is 16.2. The molecule has 0 radical (unpaired) electrons. The number of piperazine rings is 1. The van der Waals surface area contributed by atoms with Crippen LogP contribution in [-0.2, 0) is 9.59 Å². The summed E-state index contributed by atoms with van der Waals surface area (Å²) >= 11 is 0. The van der Waals surface area contributed by atoms with Crippen molar-refractivity contribution in [1.29, 1.82) is 0 Å². The smallest absolute Gasteiger partial charge is 0.238 e. The first-order valence-electron chi connectivity index (χ1n) is 11.1. The molecule has 0 N–H and O–H groups in total. The van der Waals surface area contributed by atoms with Crippen molar-refractivity contribution in [3.05, 3.63) is 42.0 Å². The second-order valence-corrected chi connectivity index (χ2v) is 8.99. The molecular weight excluding hydrogens is 362 g/mol. The molecule has 0 aromatic heterocycles. The van der Waals surface area contributed by atoms with Gasteiger partial charge in [0.05, 0.1) is 0 Å². The van der Waals surface area contributed by atoms with Gasteiger partial charge in [0, 0.05) is 45.8 Å². The Morgan fingerprint density at radius 2 is 1.69 bits per heavy atom. The summed E-state index contributed by atoms with van der Waals surface area (Å²) in [4.78, 5) is 32.6. The summed E-state index contributed by atoms with van der Waals surface area (Å²) in [5, 5.41) is 0. The van der Waals surface area contributed by atoms with Gasteiger partial charge in [-0.3, -0.25) is 14.5 Å². The van der Waals surface area contributed by atoms with Gasteiger partial charge < -0.3 is 9.80 Å². The number of carbonyl (C=O) groups excluding carboxylic acids is 2. The van der Waals surface area contributed by atoms with Crippen LogP contribution in [0.3, 0.4) is 0 Å². The zero-order valence-electron chi connectivity index (χ0n) is 17.6. The zero-order valence-corrected chi connectivity index (χ0v) is 17.6. The largest absolute Gasteiger partial charge is 0.342 e. The number of likely N-dealkylation sites (tertiary alicyclic amines) is 1. The number of rotatable bonds is 5. The molecule has 1 atom stereocenters. The lowest BCUT2D eigenvalue weighted by molar-refractivity contribution is -0.151. The average Bonchev–Trinajstić information content (AvgIpc) is 3.56. The molecule has 1 aromatic rings. The van der Waals surface area contributed by atoms with E-state index < -0.39 is 5.41 Å². The number of hydrogen-bond acceptors (Lipinski definition) is 3. The van der Waals surface area contributed by atoms with Gasteiger partial charge in [0.25, 0.3) is 0 Å². The minimum Gasteiger partial charge on any atom is -0.342 e. The minimum absolute atomic E-state index is 0.0835. The van der Waals surface area contributed by atoms with Crippen molar-refractivity contribution in [3.8, 4) is 0 Å². The summed E-state index contributed by atoms with van der Waals surface area (Å²) in [6.45, 7) is 7.92. The van der Waals surface area contributed by atoms with Crippen LogP contribution in [0, 0.1) is 11.3 Å². The maximum atomic E-state index is 13.2. The second kappa shape index (κ2) is 8.70. The Labute approximate surface area is 174 Å². The van der Waals surface area contributed by atoms with E-state index in [1.165, 1.54) is 12.0 Å². The van der Waals surface area contributed by atoms with Crippen molar-refractivity contribution < 1.29 is 9.59 Å². The van der Waals surface area contributed by atoms with Gasteiger partial charge in [-0.25, -0.2) is 0 Å². The third-order valence-electron chi connectivity index (χ3n) is 6.65. The molecule has 2 saturated heterocycles. The number of piperidine rings is 1. The van der Waals surface area contributed by atoms with Crippen LogP contribution in [0.4, 0.5) is 0 Å². The quantitative estimate of drug-likeness (QED) is 0.720. The van der Waals surface area contributed by atoms with Gasteiger partial charge in [-0.15, -0.1) is 0 Å². The molecule has 2 amide bonds. The molecule has 5 nitrogen and oxygen atoms in total. The van der Waals surface area contributed by atoms with E-state index in [1.54, 1.807) is 0 Å². The Kier molecular flexibility index (Phi) is 6.04. The number of amides is 2. The van der Waals surface area contributed by atoms with Crippen LogP contribution in [-0.4, -0.2) is 72.3 Å². The SMILES string of the molecule is CC1CCCN(C(=O)C2(C(=O)N3CCN(C/C=C/c4ccccc4)CC3)CC2)C1. The molecule has 0 spiro atoms. The Bertz CT molecular complexity index is 749. The highest BCUT2D eigenvalue weighted by molar-refractivity contribution is 6.07. The predicted octanol–water partition coefficient (Wildman–Crippen LogP) is 2.88. The molecule has 3 aliphatic rings. The van der Waals surface area contributed by atoms with Crippen LogP contribution >= 0.6 is 0 Å². The van der Waals surface area contributed by atoms with Crippen molar-refractivity contribution in [3.63, 3.8) is 0 Å². The molecule has 1 unspecified atom stereocenters. The summed E-state index contributed by atoms with van der Waals surface area (Å²) in [6, 6.07) is 10.3. The lowest BCUT2D eigenvalue weighted by Gasteiger charge is -2.38. The van der Waals surface area contributed by atoms with Crippen molar-refractivity contribution >= 4 is 17.9 Å². The number of carbonyl (C=O) groups is 2. The van der Waals surface area contributed by atoms with E-state index in [0.29, 0.717) is 5.92 Å². The van der Waals surface area contributed by atoms with Crippen LogP contribution in [0.15, 0.2) is 36.4 Å².